The smallest absolute Gasteiger partial charge is 0.240 e. The first-order valence-electron chi connectivity index (χ1n) is 6.69. The second kappa shape index (κ2) is 7.03. The van der Waals surface area contributed by atoms with Crippen LogP contribution in [0.1, 0.15) is 0 Å². The predicted molar refractivity (Wildman–Crippen MR) is 78.4 cm³/mol. The van der Waals surface area contributed by atoms with Crippen LogP contribution in [-0.2, 0) is 14.8 Å². The number of sulfonamides is 1. The number of nitrogens with zero attached hydrogens (tertiary/aromatic N) is 1. The molecule has 112 valence electrons. The highest BCUT2D eigenvalue weighted by Gasteiger charge is 2.15. The van der Waals surface area contributed by atoms with Crippen LogP contribution in [0.3, 0.4) is 0 Å². The lowest BCUT2D eigenvalue weighted by Crippen LogP contribution is -2.41. The molecule has 2 N–H and O–H groups in total. The Morgan fingerprint density at radius 1 is 1.20 bits per heavy atom. The van der Waals surface area contributed by atoms with E-state index in [-0.39, 0.29) is 0 Å². The first-order valence-corrected chi connectivity index (χ1v) is 8.18. The summed E-state index contributed by atoms with van der Waals surface area (Å²) in [4.78, 5) is 2.48. The molecule has 0 bridgehead atoms. The molecule has 0 atom stereocenters. The Morgan fingerprint density at radius 2 is 1.85 bits per heavy atom. The molecule has 2 rings (SSSR count). The van der Waals surface area contributed by atoms with Crippen LogP contribution >= 0.6 is 0 Å². The summed E-state index contributed by atoms with van der Waals surface area (Å²) in [5, 5.41) is 2.96. The summed E-state index contributed by atoms with van der Waals surface area (Å²) in [6, 6.07) is 6.69. The van der Waals surface area contributed by atoms with Crippen LogP contribution in [0.4, 0.5) is 5.69 Å². The fraction of sp³-hybridized carbons (Fsp3) is 0.538. The van der Waals surface area contributed by atoms with E-state index in [1.165, 1.54) is 0 Å². The van der Waals surface area contributed by atoms with Crippen molar-refractivity contribution in [3.8, 4) is 0 Å². The molecule has 0 radical (unpaired) electrons. The second-order valence-corrected chi connectivity index (χ2v) is 6.39. The molecular formula is C13H21N3O3S. The van der Waals surface area contributed by atoms with Gasteiger partial charge in [0.2, 0.25) is 10.0 Å². The van der Waals surface area contributed by atoms with Crippen molar-refractivity contribution < 1.29 is 13.2 Å². The van der Waals surface area contributed by atoms with Gasteiger partial charge >= 0.3 is 0 Å². The zero-order valence-electron chi connectivity index (χ0n) is 11.6. The van der Waals surface area contributed by atoms with Gasteiger partial charge in [0.05, 0.1) is 18.1 Å². The molecule has 1 fully saturated rings. The molecular weight excluding hydrogens is 278 g/mol. The van der Waals surface area contributed by atoms with Crippen molar-refractivity contribution in [3.63, 3.8) is 0 Å². The van der Waals surface area contributed by atoms with E-state index in [1.807, 2.05) is 0 Å². The van der Waals surface area contributed by atoms with Crippen LogP contribution in [0, 0.1) is 0 Å². The molecule has 0 saturated carbocycles. The van der Waals surface area contributed by atoms with Crippen molar-refractivity contribution in [1.82, 2.24) is 9.62 Å². The van der Waals surface area contributed by atoms with Crippen LogP contribution in [0.25, 0.3) is 0 Å². The topological polar surface area (TPSA) is 70.7 Å². The third-order valence-electron chi connectivity index (χ3n) is 3.28. The van der Waals surface area contributed by atoms with Gasteiger partial charge in [0.15, 0.2) is 0 Å². The molecule has 20 heavy (non-hydrogen) atoms. The zero-order valence-corrected chi connectivity index (χ0v) is 12.4. The summed E-state index contributed by atoms with van der Waals surface area (Å²) in [6.45, 7) is 4.28. The highest BCUT2D eigenvalue weighted by Crippen LogP contribution is 2.13. The number of nitrogens with one attached hydrogen (secondary N) is 2. The van der Waals surface area contributed by atoms with Gasteiger partial charge in [0.1, 0.15) is 0 Å². The molecule has 1 aromatic rings. The van der Waals surface area contributed by atoms with Crippen LogP contribution in [0.15, 0.2) is 29.2 Å². The lowest BCUT2D eigenvalue weighted by atomic mass is 10.3. The van der Waals surface area contributed by atoms with E-state index in [2.05, 4.69) is 14.9 Å². The first-order chi connectivity index (χ1) is 9.62. The van der Waals surface area contributed by atoms with E-state index in [0.29, 0.717) is 18.0 Å². The fourth-order valence-corrected chi connectivity index (χ4v) is 3.07. The molecule has 0 amide bonds. The maximum Gasteiger partial charge on any atom is 0.240 e. The Bertz CT molecular complexity index is 510. The van der Waals surface area contributed by atoms with E-state index in [9.17, 15) is 8.42 Å². The summed E-state index contributed by atoms with van der Waals surface area (Å²) in [5.74, 6) is 0. The van der Waals surface area contributed by atoms with Gasteiger partial charge in [-0.2, -0.15) is 0 Å². The number of ether oxygens (including phenoxy) is 1. The molecule has 1 aliphatic heterocycles. The SMILES string of the molecule is CNc1ccc(S(=O)(=O)NCCN2CCOCC2)cc1. The summed E-state index contributed by atoms with van der Waals surface area (Å²) < 4.78 is 32.1. The molecule has 0 aromatic heterocycles. The van der Waals surface area contributed by atoms with Gasteiger partial charge in [-0.3, -0.25) is 4.90 Å². The quantitative estimate of drug-likeness (QED) is 0.792. The van der Waals surface area contributed by atoms with Gasteiger partial charge < -0.3 is 10.1 Å². The van der Waals surface area contributed by atoms with E-state index < -0.39 is 10.0 Å². The molecule has 0 spiro atoms. The summed E-state index contributed by atoms with van der Waals surface area (Å²) >= 11 is 0. The van der Waals surface area contributed by atoms with Crippen molar-refractivity contribution in [2.45, 2.75) is 4.90 Å². The van der Waals surface area contributed by atoms with Crippen molar-refractivity contribution in [2.75, 3.05) is 51.8 Å². The van der Waals surface area contributed by atoms with Gasteiger partial charge in [0.25, 0.3) is 0 Å². The van der Waals surface area contributed by atoms with E-state index in [1.54, 1.807) is 31.3 Å². The van der Waals surface area contributed by atoms with Gasteiger partial charge in [-0.15, -0.1) is 0 Å². The van der Waals surface area contributed by atoms with Gasteiger partial charge in [-0.1, -0.05) is 0 Å². The fourth-order valence-electron chi connectivity index (χ4n) is 2.05. The molecule has 1 aromatic carbocycles. The Morgan fingerprint density at radius 3 is 2.45 bits per heavy atom. The van der Waals surface area contributed by atoms with Crippen molar-refractivity contribution in [3.05, 3.63) is 24.3 Å². The van der Waals surface area contributed by atoms with Crippen molar-refractivity contribution >= 4 is 15.7 Å². The highest BCUT2D eigenvalue weighted by atomic mass is 32.2. The largest absolute Gasteiger partial charge is 0.388 e. The third kappa shape index (κ3) is 4.17. The van der Waals surface area contributed by atoms with Crippen LogP contribution in [0.2, 0.25) is 0 Å². The Kier molecular flexibility index (Phi) is 5.36. The average molecular weight is 299 g/mol. The number of hydrogen-bond acceptors (Lipinski definition) is 5. The molecule has 1 saturated heterocycles. The predicted octanol–water partition coefficient (Wildman–Crippen LogP) is 0.339. The van der Waals surface area contributed by atoms with Gasteiger partial charge in [0, 0.05) is 38.9 Å². The molecule has 1 heterocycles. The van der Waals surface area contributed by atoms with Crippen molar-refractivity contribution in [2.24, 2.45) is 0 Å². The maximum absolute atomic E-state index is 12.1. The van der Waals surface area contributed by atoms with Crippen molar-refractivity contribution in [1.29, 1.82) is 0 Å². The molecule has 7 heteroatoms. The number of hydrogen-bond donors (Lipinski definition) is 2. The summed E-state index contributed by atoms with van der Waals surface area (Å²) in [7, 11) is -1.63. The van der Waals surface area contributed by atoms with E-state index in [4.69, 9.17) is 4.74 Å². The monoisotopic (exact) mass is 299 g/mol. The Balaban J connectivity index is 1.86. The molecule has 6 nitrogen and oxygen atoms in total. The third-order valence-corrected chi connectivity index (χ3v) is 4.75. The number of benzene rings is 1. The number of morpholine rings is 1. The Hall–Kier alpha value is -1.15. The molecule has 1 aliphatic rings. The number of anilines is 1. The number of rotatable bonds is 6. The molecule has 0 unspecified atom stereocenters. The standard InChI is InChI=1S/C13H21N3O3S/c1-14-12-2-4-13(5-3-12)20(17,18)15-6-7-16-8-10-19-11-9-16/h2-5,14-15H,6-11H2,1H3. The first kappa shape index (κ1) is 15.2. The minimum atomic E-state index is -3.42. The minimum Gasteiger partial charge on any atom is -0.388 e. The average Bonchev–Trinajstić information content (AvgIpc) is 2.48. The maximum atomic E-state index is 12.1. The highest BCUT2D eigenvalue weighted by molar-refractivity contribution is 7.89. The van der Waals surface area contributed by atoms with Crippen LogP contribution < -0.4 is 10.0 Å². The van der Waals surface area contributed by atoms with E-state index >= 15 is 0 Å². The summed E-state index contributed by atoms with van der Waals surface area (Å²) in [6.07, 6.45) is 0. The van der Waals surface area contributed by atoms with Crippen LogP contribution in [-0.4, -0.2) is 59.8 Å². The summed E-state index contributed by atoms with van der Waals surface area (Å²) in [5.41, 5.74) is 0.886. The zero-order chi connectivity index (χ0) is 14.4. The normalized spacial score (nSPS) is 17.1. The minimum absolute atomic E-state index is 0.290. The lowest BCUT2D eigenvalue weighted by molar-refractivity contribution is 0.0390. The van der Waals surface area contributed by atoms with Gasteiger partial charge in [-0.25, -0.2) is 13.1 Å². The lowest BCUT2D eigenvalue weighted by Gasteiger charge is -2.26. The van der Waals surface area contributed by atoms with E-state index in [0.717, 1.165) is 32.0 Å². The Labute approximate surface area is 120 Å². The second-order valence-electron chi connectivity index (χ2n) is 4.63. The molecule has 0 aliphatic carbocycles. The van der Waals surface area contributed by atoms with Gasteiger partial charge in [-0.05, 0) is 24.3 Å². The van der Waals surface area contributed by atoms with Crippen LogP contribution in [0.5, 0.6) is 0 Å².